The van der Waals surface area contributed by atoms with Crippen molar-refractivity contribution >= 4 is 52.7 Å². The molecule has 0 bridgehead atoms. The van der Waals surface area contributed by atoms with Crippen molar-refractivity contribution in [3.63, 3.8) is 0 Å². The Hall–Kier alpha value is -1.55. The third kappa shape index (κ3) is 1.91. The number of fused-ring (bicyclic) bond motifs is 3. The van der Waals surface area contributed by atoms with E-state index in [9.17, 15) is 9.59 Å². The fraction of sp³-hybridized carbons (Fsp3) is 0.0769. The number of ether oxygens (including phenoxy) is 1. The molecule has 96 valence electrons. The predicted molar refractivity (Wildman–Crippen MR) is 73.3 cm³/mol. The van der Waals surface area contributed by atoms with E-state index in [0.29, 0.717) is 16.0 Å². The van der Waals surface area contributed by atoms with Crippen LogP contribution < -0.4 is 5.43 Å². The molecule has 3 rings (SSSR count). The van der Waals surface area contributed by atoms with Crippen LogP contribution in [-0.2, 0) is 4.74 Å². The van der Waals surface area contributed by atoms with Gasteiger partial charge in [-0.1, -0.05) is 0 Å². The van der Waals surface area contributed by atoms with Crippen molar-refractivity contribution in [1.82, 2.24) is 0 Å². The SMILES string of the molecule is COC(=O)c1cc(=O)c2c(ccc3c(Cl)c[se]c32)o1. The van der Waals surface area contributed by atoms with E-state index in [4.69, 9.17) is 16.0 Å². The molecule has 0 aliphatic heterocycles. The molecule has 2 heterocycles. The van der Waals surface area contributed by atoms with Crippen molar-refractivity contribution in [1.29, 1.82) is 0 Å². The molecule has 0 amide bonds. The molecule has 1 aromatic carbocycles. The molecule has 0 spiro atoms. The number of carbonyl (C=O) groups excluding carboxylic acids is 1. The molecular weight excluding hydrogens is 335 g/mol. The van der Waals surface area contributed by atoms with E-state index in [1.807, 2.05) is 4.94 Å². The molecule has 0 saturated heterocycles. The fourth-order valence-electron chi connectivity index (χ4n) is 1.91. The molecule has 0 aliphatic carbocycles. The quantitative estimate of drug-likeness (QED) is 0.504. The number of benzene rings is 1. The van der Waals surface area contributed by atoms with E-state index in [1.54, 1.807) is 12.1 Å². The summed E-state index contributed by atoms with van der Waals surface area (Å²) in [7, 11) is 1.24. The van der Waals surface area contributed by atoms with Crippen LogP contribution in [0.15, 0.2) is 32.4 Å². The van der Waals surface area contributed by atoms with E-state index < -0.39 is 5.97 Å². The Bertz CT molecular complexity index is 862. The maximum absolute atomic E-state index is 12.2. The molecule has 3 aromatic rings. The Morgan fingerprint density at radius 3 is 2.95 bits per heavy atom. The Labute approximate surface area is 118 Å². The van der Waals surface area contributed by atoms with Gasteiger partial charge < -0.3 is 0 Å². The summed E-state index contributed by atoms with van der Waals surface area (Å²) in [6.07, 6.45) is 0. The van der Waals surface area contributed by atoms with Gasteiger partial charge in [-0.15, -0.1) is 0 Å². The molecular formula is C13H7ClO4Se. The van der Waals surface area contributed by atoms with Gasteiger partial charge in [-0.3, -0.25) is 0 Å². The topological polar surface area (TPSA) is 56.5 Å². The van der Waals surface area contributed by atoms with Gasteiger partial charge in [0.2, 0.25) is 0 Å². The van der Waals surface area contributed by atoms with Crippen LogP contribution in [-0.4, -0.2) is 27.6 Å². The number of carbonyl (C=O) groups is 1. The number of hydrogen-bond donors (Lipinski definition) is 0. The molecule has 0 saturated carbocycles. The molecule has 0 fully saturated rings. The summed E-state index contributed by atoms with van der Waals surface area (Å²) in [6.45, 7) is 0. The molecule has 6 heteroatoms. The summed E-state index contributed by atoms with van der Waals surface area (Å²) in [4.78, 5) is 25.5. The molecule has 2 aromatic heterocycles. The van der Waals surface area contributed by atoms with E-state index in [2.05, 4.69) is 4.74 Å². The number of rotatable bonds is 1. The maximum atomic E-state index is 12.2. The predicted octanol–water partition coefficient (Wildman–Crippen LogP) is 2.44. The van der Waals surface area contributed by atoms with Gasteiger partial charge in [-0.25, -0.2) is 0 Å². The van der Waals surface area contributed by atoms with E-state index >= 15 is 0 Å². The number of halogens is 1. The summed E-state index contributed by atoms with van der Waals surface area (Å²) in [5.74, 6) is -0.759. The minimum absolute atomic E-state index is 0.00733. The van der Waals surface area contributed by atoms with Gasteiger partial charge >= 0.3 is 118 Å². The zero-order chi connectivity index (χ0) is 13.6. The zero-order valence-corrected chi connectivity index (χ0v) is 12.2. The third-order valence-corrected chi connectivity index (χ3v) is 5.50. The van der Waals surface area contributed by atoms with E-state index in [0.717, 1.165) is 15.7 Å². The van der Waals surface area contributed by atoms with Crippen LogP contribution in [0.2, 0.25) is 5.02 Å². The van der Waals surface area contributed by atoms with Crippen molar-refractivity contribution in [2.75, 3.05) is 7.11 Å². The first-order valence-electron chi connectivity index (χ1n) is 5.33. The normalized spacial score (nSPS) is 11.1. The van der Waals surface area contributed by atoms with Crippen LogP contribution in [0.25, 0.3) is 20.6 Å². The van der Waals surface area contributed by atoms with Gasteiger partial charge in [-0.2, -0.15) is 0 Å². The average Bonchev–Trinajstić information content (AvgIpc) is 2.79. The van der Waals surface area contributed by atoms with Gasteiger partial charge in [0.25, 0.3) is 0 Å². The summed E-state index contributed by atoms with van der Waals surface area (Å²) in [6, 6.07) is 4.62. The van der Waals surface area contributed by atoms with Gasteiger partial charge in [-0.05, 0) is 0 Å². The van der Waals surface area contributed by atoms with Gasteiger partial charge in [0.15, 0.2) is 0 Å². The molecule has 0 atom stereocenters. The van der Waals surface area contributed by atoms with Crippen molar-refractivity contribution in [2.24, 2.45) is 0 Å². The van der Waals surface area contributed by atoms with Crippen LogP contribution in [0.1, 0.15) is 10.6 Å². The second kappa shape index (κ2) is 4.53. The Morgan fingerprint density at radius 2 is 2.21 bits per heavy atom. The molecule has 19 heavy (non-hydrogen) atoms. The van der Waals surface area contributed by atoms with Gasteiger partial charge in [0.05, 0.1) is 0 Å². The Morgan fingerprint density at radius 1 is 1.42 bits per heavy atom. The summed E-state index contributed by atoms with van der Waals surface area (Å²) < 4.78 is 10.9. The minimum atomic E-state index is -0.666. The van der Waals surface area contributed by atoms with Crippen LogP contribution in [0.3, 0.4) is 0 Å². The van der Waals surface area contributed by atoms with Crippen molar-refractivity contribution in [3.8, 4) is 0 Å². The third-order valence-electron chi connectivity index (χ3n) is 2.77. The average molecular weight is 342 g/mol. The molecule has 0 aliphatic rings. The van der Waals surface area contributed by atoms with Gasteiger partial charge in [0.1, 0.15) is 0 Å². The van der Waals surface area contributed by atoms with Crippen molar-refractivity contribution < 1.29 is 13.9 Å². The van der Waals surface area contributed by atoms with Crippen LogP contribution >= 0.6 is 11.6 Å². The summed E-state index contributed by atoms with van der Waals surface area (Å²) in [5.41, 5.74) is 0.133. The second-order valence-electron chi connectivity index (χ2n) is 3.87. The zero-order valence-electron chi connectivity index (χ0n) is 9.73. The van der Waals surface area contributed by atoms with Crippen LogP contribution in [0, 0.1) is 0 Å². The van der Waals surface area contributed by atoms with Crippen molar-refractivity contribution in [2.45, 2.75) is 0 Å². The summed E-state index contributed by atoms with van der Waals surface area (Å²) in [5, 5.41) is 2.03. The van der Waals surface area contributed by atoms with Crippen molar-refractivity contribution in [3.05, 3.63) is 44.1 Å². The molecule has 4 nitrogen and oxygen atoms in total. The standard InChI is InChI=1S/C13H7ClO4Se/c1-17-13(16)10-4-8(15)11-9(18-10)3-2-6-7(14)5-19-12(6)11/h2-5H,1H3. The number of methoxy groups -OCH3 is 1. The number of esters is 1. The molecule has 0 unspecified atom stereocenters. The van der Waals surface area contributed by atoms with E-state index in [-0.39, 0.29) is 25.7 Å². The summed E-state index contributed by atoms with van der Waals surface area (Å²) >= 11 is 6.08. The Kier molecular flexibility index (Phi) is 2.97. The van der Waals surface area contributed by atoms with E-state index in [1.165, 1.54) is 7.11 Å². The van der Waals surface area contributed by atoms with Crippen LogP contribution in [0.4, 0.5) is 0 Å². The second-order valence-corrected chi connectivity index (χ2v) is 6.12. The van der Waals surface area contributed by atoms with Gasteiger partial charge in [0, 0.05) is 0 Å². The monoisotopic (exact) mass is 342 g/mol. The van der Waals surface area contributed by atoms with Crippen LogP contribution in [0.5, 0.6) is 0 Å². The molecule has 0 N–H and O–H groups in total. The fourth-order valence-corrected chi connectivity index (χ4v) is 4.46. The first kappa shape index (κ1) is 12.5. The first-order chi connectivity index (χ1) is 9.11. The number of hydrogen-bond acceptors (Lipinski definition) is 4. The molecule has 0 radical (unpaired) electrons. The Balaban J connectivity index is 2.43. The first-order valence-corrected chi connectivity index (χ1v) is 7.56.